The van der Waals surface area contributed by atoms with Crippen LogP contribution in [-0.2, 0) is 23.5 Å². The zero-order valence-electron chi connectivity index (χ0n) is 16.7. The van der Waals surface area contributed by atoms with Gasteiger partial charge in [0.2, 0.25) is 0 Å². The van der Waals surface area contributed by atoms with Crippen molar-refractivity contribution < 1.29 is 13.2 Å². The number of aryl methyl sites for hydroxylation is 1. The highest BCUT2D eigenvalue weighted by Gasteiger charge is 2.17. The predicted octanol–water partition coefficient (Wildman–Crippen LogP) is 4.19. The Kier molecular flexibility index (Phi) is 5.18. The first-order valence-electron chi connectivity index (χ1n) is 9.44. The van der Waals surface area contributed by atoms with E-state index in [4.69, 9.17) is 4.74 Å². The highest BCUT2D eigenvalue weighted by molar-refractivity contribution is 7.90. The molecule has 0 N–H and O–H groups in total. The Morgan fingerprint density at radius 2 is 1.57 bits per heavy atom. The Hall–Kier alpha value is -3.38. The second kappa shape index (κ2) is 7.80. The van der Waals surface area contributed by atoms with Crippen molar-refractivity contribution in [3.63, 3.8) is 0 Å². The van der Waals surface area contributed by atoms with Gasteiger partial charge in [-0.1, -0.05) is 54.6 Å². The lowest BCUT2D eigenvalue weighted by Crippen LogP contribution is -2.16. The number of sulfone groups is 1. The molecule has 1 heterocycles. The minimum Gasteiger partial charge on any atom is -0.488 e. The molecule has 0 fully saturated rings. The van der Waals surface area contributed by atoms with E-state index in [1.54, 1.807) is 37.5 Å². The van der Waals surface area contributed by atoms with Gasteiger partial charge in [-0.2, -0.15) is 0 Å². The van der Waals surface area contributed by atoms with Crippen molar-refractivity contribution in [2.24, 2.45) is 7.05 Å². The standard InChI is InChI=1S/C24H21NO4S/c1-25-15-21(19-10-6-7-11-20(19)24(25)26)18-12-13-23(30(2,27)28)22(14-18)29-16-17-8-4-3-5-9-17/h3-15H,16H2,1-2H3. The molecule has 0 saturated heterocycles. The maximum absolute atomic E-state index is 12.5. The maximum atomic E-state index is 12.5. The topological polar surface area (TPSA) is 65.4 Å². The van der Waals surface area contributed by atoms with E-state index in [1.165, 1.54) is 10.8 Å². The highest BCUT2D eigenvalue weighted by atomic mass is 32.2. The van der Waals surface area contributed by atoms with Crippen molar-refractivity contribution in [2.45, 2.75) is 11.5 Å². The number of aromatic nitrogens is 1. The number of ether oxygens (including phenoxy) is 1. The highest BCUT2D eigenvalue weighted by Crippen LogP contribution is 2.33. The Morgan fingerprint density at radius 1 is 0.900 bits per heavy atom. The molecule has 1 aromatic heterocycles. The summed E-state index contributed by atoms with van der Waals surface area (Å²) in [6.07, 6.45) is 2.93. The van der Waals surface area contributed by atoms with Gasteiger partial charge in [-0.15, -0.1) is 0 Å². The number of pyridine rings is 1. The van der Waals surface area contributed by atoms with Crippen LogP contribution in [-0.4, -0.2) is 19.2 Å². The molecule has 4 rings (SSSR count). The predicted molar refractivity (Wildman–Crippen MR) is 119 cm³/mol. The van der Waals surface area contributed by atoms with Gasteiger partial charge in [0, 0.05) is 30.4 Å². The lowest BCUT2D eigenvalue weighted by atomic mass is 10.0. The van der Waals surface area contributed by atoms with Crippen LogP contribution >= 0.6 is 0 Å². The number of rotatable bonds is 5. The van der Waals surface area contributed by atoms with E-state index >= 15 is 0 Å². The van der Waals surface area contributed by atoms with Gasteiger partial charge >= 0.3 is 0 Å². The molecule has 4 aromatic rings. The van der Waals surface area contributed by atoms with Crippen LogP contribution in [0, 0.1) is 0 Å². The summed E-state index contributed by atoms with van der Waals surface area (Å²) >= 11 is 0. The molecule has 0 aliphatic heterocycles. The molecular weight excluding hydrogens is 398 g/mol. The zero-order chi connectivity index (χ0) is 21.3. The first-order valence-corrected chi connectivity index (χ1v) is 11.3. The van der Waals surface area contributed by atoms with Crippen LogP contribution in [0.15, 0.2) is 88.7 Å². The second-order valence-electron chi connectivity index (χ2n) is 7.21. The van der Waals surface area contributed by atoms with Gasteiger partial charge in [-0.05, 0) is 34.7 Å². The molecule has 0 atom stereocenters. The minimum atomic E-state index is -3.47. The van der Waals surface area contributed by atoms with E-state index < -0.39 is 9.84 Å². The minimum absolute atomic E-state index is 0.0809. The summed E-state index contributed by atoms with van der Waals surface area (Å²) in [4.78, 5) is 12.6. The molecule has 3 aromatic carbocycles. The lowest BCUT2D eigenvalue weighted by molar-refractivity contribution is 0.298. The van der Waals surface area contributed by atoms with Crippen molar-refractivity contribution in [2.75, 3.05) is 6.26 Å². The normalized spacial score (nSPS) is 11.5. The summed E-state index contributed by atoms with van der Waals surface area (Å²) in [6, 6.07) is 22.0. The first-order chi connectivity index (χ1) is 14.3. The molecule has 0 amide bonds. The molecule has 0 radical (unpaired) electrons. The van der Waals surface area contributed by atoms with E-state index in [1.807, 2.05) is 48.5 Å². The third-order valence-corrected chi connectivity index (χ3v) is 6.12. The largest absolute Gasteiger partial charge is 0.488 e. The van der Waals surface area contributed by atoms with E-state index in [9.17, 15) is 13.2 Å². The summed E-state index contributed by atoms with van der Waals surface area (Å²) in [7, 11) is -1.77. The van der Waals surface area contributed by atoms with E-state index in [0.717, 1.165) is 22.1 Å². The van der Waals surface area contributed by atoms with Gasteiger partial charge in [0.05, 0.1) is 0 Å². The van der Waals surface area contributed by atoms with Gasteiger partial charge in [0.1, 0.15) is 17.3 Å². The fourth-order valence-corrected chi connectivity index (χ4v) is 4.27. The number of benzene rings is 3. The first kappa shape index (κ1) is 19.9. The smallest absolute Gasteiger partial charge is 0.258 e. The van der Waals surface area contributed by atoms with Gasteiger partial charge in [-0.3, -0.25) is 4.79 Å². The SMILES string of the molecule is Cn1cc(-c2ccc(S(C)(=O)=O)c(OCc3ccccc3)c2)c2ccccc2c1=O. The molecule has 0 spiro atoms. The molecule has 152 valence electrons. The maximum Gasteiger partial charge on any atom is 0.258 e. The lowest BCUT2D eigenvalue weighted by Gasteiger charge is -2.14. The summed E-state index contributed by atoms with van der Waals surface area (Å²) in [6.45, 7) is 0.251. The van der Waals surface area contributed by atoms with Gasteiger partial charge in [-0.25, -0.2) is 8.42 Å². The summed E-state index contributed by atoms with van der Waals surface area (Å²) in [5.74, 6) is 0.289. The molecule has 0 aliphatic rings. The van der Waals surface area contributed by atoms with Crippen molar-refractivity contribution in [3.05, 3.63) is 94.9 Å². The van der Waals surface area contributed by atoms with Gasteiger partial charge in [0.25, 0.3) is 5.56 Å². The van der Waals surface area contributed by atoms with Crippen LogP contribution in [0.4, 0.5) is 0 Å². The third kappa shape index (κ3) is 3.86. The summed E-state index contributed by atoms with van der Waals surface area (Å²) in [5, 5.41) is 1.41. The molecule has 30 heavy (non-hydrogen) atoms. The average Bonchev–Trinajstić information content (AvgIpc) is 2.74. The fourth-order valence-electron chi connectivity index (χ4n) is 3.48. The van der Waals surface area contributed by atoms with Crippen LogP contribution in [0.3, 0.4) is 0 Å². The molecule has 5 nitrogen and oxygen atoms in total. The molecule has 0 unspecified atom stereocenters. The Labute approximate surface area is 175 Å². The van der Waals surface area contributed by atoms with Gasteiger partial charge in [0.15, 0.2) is 9.84 Å². The molecule has 0 aliphatic carbocycles. The van der Waals surface area contributed by atoms with Crippen LogP contribution in [0.1, 0.15) is 5.56 Å². The van der Waals surface area contributed by atoms with E-state index in [-0.39, 0.29) is 22.8 Å². The van der Waals surface area contributed by atoms with Crippen molar-refractivity contribution in [3.8, 4) is 16.9 Å². The van der Waals surface area contributed by atoms with Crippen molar-refractivity contribution in [1.82, 2.24) is 4.57 Å². The average molecular weight is 420 g/mol. The molecular formula is C24H21NO4S. The number of nitrogens with zero attached hydrogens (tertiary/aromatic N) is 1. The van der Waals surface area contributed by atoms with E-state index in [2.05, 4.69) is 0 Å². The molecule has 0 saturated carbocycles. The molecule has 6 heteroatoms. The Balaban J connectivity index is 1.86. The monoisotopic (exact) mass is 419 g/mol. The number of fused-ring (bicyclic) bond motifs is 1. The van der Waals surface area contributed by atoms with Gasteiger partial charge < -0.3 is 9.30 Å². The quantitative estimate of drug-likeness (QED) is 0.487. The number of hydrogen-bond acceptors (Lipinski definition) is 4. The van der Waals surface area contributed by atoms with Crippen LogP contribution < -0.4 is 10.3 Å². The number of hydrogen-bond donors (Lipinski definition) is 0. The van der Waals surface area contributed by atoms with Crippen LogP contribution in [0.25, 0.3) is 21.9 Å². The zero-order valence-corrected chi connectivity index (χ0v) is 17.5. The Bertz CT molecular complexity index is 1390. The second-order valence-corrected chi connectivity index (χ2v) is 9.20. The molecule has 0 bridgehead atoms. The van der Waals surface area contributed by atoms with E-state index in [0.29, 0.717) is 5.39 Å². The third-order valence-electron chi connectivity index (χ3n) is 4.98. The van der Waals surface area contributed by atoms with Crippen LogP contribution in [0.2, 0.25) is 0 Å². The fraction of sp³-hybridized carbons (Fsp3) is 0.125. The Morgan fingerprint density at radius 3 is 2.27 bits per heavy atom. The summed E-state index contributed by atoms with van der Waals surface area (Å²) in [5.41, 5.74) is 2.46. The summed E-state index contributed by atoms with van der Waals surface area (Å²) < 4.78 is 32.1. The van der Waals surface area contributed by atoms with Crippen molar-refractivity contribution >= 4 is 20.6 Å². The van der Waals surface area contributed by atoms with Crippen molar-refractivity contribution in [1.29, 1.82) is 0 Å². The van der Waals surface area contributed by atoms with Crippen LogP contribution in [0.5, 0.6) is 5.75 Å².